The van der Waals surface area contributed by atoms with E-state index in [2.05, 4.69) is 10.6 Å². The molecule has 0 atom stereocenters. The van der Waals surface area contributed by atoms with E-state index in [-0.39, 0.29) is 17.8 Å². The van der Waals surface area contributed by atoms with Crippen LogP contribution in [0.4, 0.5) is 5.69 Å². The fourth-order valence-electron chi connectivity index (χ4n) is 3.67. The molecule has 1 aliphatic rings. The summed E-state index contributed by atoms with van der Waals surface area (Å²) >= 11 is 5.29. The van der Waals surface area contributed by atoms with Crippen molar-refractivity contribution < 1.29 is 18.7 Å². The highest BCUT2D eigenvalue weighted by Gasteiger charge is 2.17. The number of para-hydroxylation sites is 1. The van der Waals surface area contributed by atoms with Gasteiger partial charge in [0.15, 0.2) is 16.6 Å². The number of hydrogen-bond donors (Lipinski definition) is 2. The number of hydrogen-bond acceptors (Lipinski definition) is 6. The summed E-state index contributed by atoms with van der Waals surface area (Å²) in [6.45, 7) is 2.03. The Morgan fingerprint density at radius 3 is 2.61 bits per heavy atom. The molecule has 7 nitrogen and oxygen atoms in total. The second kappa shape index (κ2) is 8.40. The van der Waals surface area contributed by atoms with Gasteiger partial charge >= 0.3 is 5.63 Å². The first-order valence-electron chi connectivity index (χ1n) is 10.1. The number of carbonyl (C=O) groups is 1. The maximum atomic E-state index is 12.5. The zero-order valence-corrected chi connectivity index (χ0v) is 18.3. The number of benzene rings is 3. The van der Waals surface area contributed by atoms with Crippen molar-refractivity contribution in [3.63, 3.8) is 0 Å². The van der Waals surface area contributed by atoms with Crippen LogP contribution in [0, 0.1) is 6.92 Å². The Balaban J connectivity index is 1.31. The number of thiocarbonyl (C=S) groups is 1. The van der Waals surface area contributed by atoms with E-state index in [1.807, 2.05) is 43.3 Å². The van der Waals surface area contributed by atoms with E-state index < -0.39 is 5.63 Å². The van der Waals surface area contributed by atoms with Crippen molar-refractivity contribution in [1.82, 2.24) is 5.32 Å². The summed E-state index contributed by atoms with van der Waals surface area (Å²) in [5.74, 6) is 0.752. The van der Waals surface area contributed by atoms with Gasteiger partial charge in [0, 0.05) is 16.6 Å². The summed E-state index contributed by atoms with van der Waals surface area (Å²) in [5, 5.41) is 6.65. The van der Waals surface area contributed by atoms with Crippen LogP contribution in [0.5, 0.6) is 11.5 Å². The minimum Gasteiger partial charge on any atom is -0.454 e. The predicted molar refractivity (Wildman–Crippen MR) is 129 cm³/mol. The molecule has 164 valence electrons. The molecule has 2 N–H and O–H groups in total. The van der Waals surface area contributed by atoms with E-state index in [1.165, 1.54) is 0 Å². The molecule has 5 rings (SSSR count). The van der Waals surface area contributed by atoms with E-state index in [4.69, 9.17) is 26.1 Å². The Bertz CT molecular complexity index is 1480. The van der Waals surface area contributed by atoms with Crippen molar-refractivity contribution in [2.24, 2.45) is 0 Å². The maximum Gasteiger partial charge on any atom is 0.344 e. The number of aryl methyl sites for hydroxylation is 1. The van der Waals surface area contributed by atoms with E-state index in [9.17, 15) is 9.59 Å². The van der Waals surface area contributed by atoms with Crippen molar-refractivity contribution in [3.8, 4) is 22.6 Å². The summed E-state index contributed by atoms with van der Waals surface area (Å²) in [6, 6.07) is 19.6. The fraction of sp³-hybridized carbons (Fsp3) is 0.0800. The Morgan fingerprint density at radius 2 is 1.76 bits per heavy atom. The van der Waals surface area contributed by atoms with Gasteiger partial charge in [-0.05, 0) is 72.7 Å². The van der Waals surface area contributed by atoms with Crippen LogP contribution in [0.15, 0.2) is 75.9 Å². The topological polar surface area (TPSA) is 89.8 Å². The average molecular weight is 458 g/mol. The molecule has 0 saturated heterocycles. The fourth-order valence-corrected chi connectivity index (χ4v) is 3.88. The van der Waals surface area contributed by atoms with Crippen LogP contribution >= 0.6 is 12.2 Å². The lowest BCUT2D eigenvalue weighted by Crippen LogP contribution is -2.34. The summed E-state index contributed by atoms with van der Waals surface area (Å²) in [4.78, 5) is 25.0. The Hall–Kier alpha value is -4.17. The SMILES string of the molecule is Cc1cc(NC(=S)NC(=O)c2ccc3c(c2)OCO3)ccc1-c1cc2ccccc2oc1=O. The molecule has 4 aromatic rings. The molecule has 3 aromatic carbocycles. The molecule has 0 unspecified atom stereocenters. The van der Waals surface area contributed by atoms with Gasteiger partial charge in [0.25, 0.3) is 5.91 Å². The van der Waals surface area contributed by atoms with Crippen LogP contribution in [0.2, 0.25) is 0 Å². The average Bonchev–Trinajstić information content (AvgIpc) is 3.27. The first-order chi connectivity index (χ1) is 16.0. The van der Waals surface area contributed by atoms with Gasteiger partial charge in [0.2, 0.25) is 6.79 Å². The molecule has 33 heavy (non-hydrogen) atoms. The van der Waals surface area contributed by atoms with Gasteiger partial charge in [-0.1, -0.05) is 24.3 Å². The van der Waals surface area contributed by atoms with Crippen LogP contribution in [0.25, 0.3) is 22.1 Å². The number of amides is 1. The van der Waals surface area contributed by atoms with Gasteiger partial charge in [-0.3, -0.25) is 10.1 Å². The van der Waals surface area contributed by atoms with Crippen LogP contribution in [0.1, 0.15) is 15.9 Å². The largest absolute Gasteiger partial charge is 0.454 e. The van der Waals surface area contributed by atoms with Gasteiger partial charge in [-0.2, -0.15) is 0 Å². The summed E-state index contributed by atoms with van der Waals surface area (Å²) in [5.41, 5.74) is 3.32. The lowest BCUT2D eigenvalue weighted by Gasteiger charge is -2.12. The summed E-state index contributed by atoms with van der Waals surface area (Å²) in [6.07, 6.45) is 0. The van der Waals surface area contributed by atoms with Gasteiger partial charge < -0.3 is 19.2 Å². The molecule has 0 bridgehead atoms. The Kier molecular flexibility index (Phi) is 5.27. The number of rotatable bonds is 3. The molecule has 0 saturated carbocycles. The second-order valence-electron chi connectivity index (χ2n) is 7.49. The molecule has 0 fully saturated rings. The minimum absolute atomic E-state index is 0.136. The molecule has 0 spiro atoms. The summed E-state index contributed by atoms with van der Waals surface area (Å²) in [7, 11) is 0. The molecule has 1 aromatic heterocycles. The molecule has 1 amide bonds. The smallest absolute Gasteiger partial charge is 0.344 e. The van der Waals surface area contributed by atoms with E-state index in [1.54, 1.807) is 30.3 Å². The molecule has 0 radical (unpaired) electrons. The minimum atomic E-state index is -0.399. The van der Waals surface area contributed by atoms with Crippen molar-refractivity contribution in [2.75, 3.05) is 12.1 Å². The van der Waals surface area contributed by atoms with E-state index in [0.29, 0.717) is 33.9 Å². The number of ether oxygens (including phenoxy) is 2. The Morgan fingerprint density at radius 1 is 0.939 bits per heavy atom. The van der Waals surface area contributed by atoms with Crippen LogP contribution in [-0.2, 0) is 0 Å². The molecule has 1 aliphatic heterocycles. The van der Waals surface area contributed by atoms with Crippen molar-refractivity contribution >= 4 is 39.9 Å². The molecule has 0 aliphatic carbocycles. The number of fused-ring (bicyclic) bond motifs is 2. The standard InChI is InChI=1S/C25H18N2O5S/c1-14-10-17(7-8-18(14)19-11-15-4-2-3-5-20(15)32-24(19)29)26-25(33)27-23(28)16-6-9-21-22(12-16)31-13-30-21/h2-12H,13H2,1H3,(H2,26,27,28,33). The predicted octanol–water partition coefficient (Wildman–Crippen LogP) is 4.62. The molecule has 8 heteroatoms. The molecule has 2 heterocycles. The van der Waals surface area contributed by atoms with Gasteiger partial charge in [0.05, 0.1) is 5.56 Å². The van der Waals surface area contributed by atoms with Crippen LogP contribution in [0.3, 0.4) is 0 Å². The lowest BCUT2D eigenvalue weighted by atomic mass is 10.0. The second-order valence-corrected chi connectivity index (χ2v) is 7.90. The third kappa shape index (κ3) is 4.16. The third-order valence-electron chi connectivity index (χ3n) is 5.28. The van der Waals surface area contributed by atoms with Gasteiger partial charge in [-0.15, -0.1) is 0 Å². The number of nitrogens with one attached hydrogen (secondary N) is 2. The molecular weight excluding hydrogens is 440 g/mol. The first-order valence-corrected chi connectivity index (χ1v) is 10.5. The normalized spacial score (nSPS) is 11.9. The van der Waals surface area contributed by atoms with Gasteiger partial charge in [0.1, 0.15) is 5.58 Å². The van der Waals surface area contributed by atoms with Crippen LogP contribution in [-0.4, -0.2) is 17.8 Å². The third-order valence-corrected chi connectivity index (χ3v) is 5.48. The van der Waals surface area contributed by atoms with Crippen molar-refractivity contribution in [3.05, 3.63) is 88.3 Å². The zero-order valence-electron chi connectivity index (χ0n) is 17.5. The quantitative estimate of drug-likeness (QED) is 0.342. The highest BCUT2D eigenvalue weighted by molar-refractivity contribution is 7.80. The first kappa shape index (κ1) is 20.7. The monoisotopic (exact) mass is 458 g/mol. The number of carbonyl (C=O) groups excluding carboxylic acids is 1. The highest BCUT2D eigenvalue weighted by Crippen LogP contribution is 2.32. The Labute approximate surface area is 193 Å². The van der Waals surface area contributed by atoms with Crippen molar-refractivity contribution in [1.29, 1.82) is 0 Å². The zero-order chi connectivity index (χ0) is 22.9. The highest BCUT2D eigenvalue weighted by atomic mass is 32.1. The maximum absolute atomic E-state index is 12.5. The number of anilines is 1. The van der Waals surface area contributed by atoms with Gasteiger partial charge in [-0.25, -0.2) is 4.79 Å². The van der Waals surface area contributed by atoms with E-state index >= 15 is 0 Å². The molecular formula is C25H18N2O5S. The van der Waals surface area contributed by atoms with Crippen LogP contribution < -0.4 is 25.7 Å². The van der Waals surface area contributed by atoms with E-state index in [0.717, 1.165) is 16.5 Å². The summed E-state index contributed by atoms with van der Waals surface area (Å²) < 4.78 is 16.0. The van der Waals surface area contributed by atoms with Crippen molar-refractivity contribution in [2.45, 2.75) is 6.92 Å². The lowest BCUT2D eigenvalue weighted by molar-refractivity contribution is 0.0977.